The van der Waals surface area contributed by atoms with Crippen molar-refractivity contribution in [2.75, 3.05) is 13.1 Å². The van der Waals surface area contributed by atoms with Crippen molar-refractivity contribution < 1.29 is 0 Å². The van der Waals surface area contributed by atoms with Gasteiger partial charge in [-0.25, -0.2) is 0 Å². The van der Waals surface area contributed by atoms with E-state index in [2.05, 4.69) is 16.9 Å². The number of aromatic nitrogens is 2. The molecule has 2 heterocycles. The first-order valence-corrected chi connectivity index (χ1v) is 6.60. The zero-order valence-electron chi connectivity index (χ0n) is 11.0. The van der Waals surface area contributed by atoms with Gasteiger partial charge < -0.3 is 5.73 Å². The summed E-state index contributed by atoms with van der Waals surface area (Å²) >= 11 is 6.11. The van der Waals surface area contributed by atoms with Gasteiger partial charge in [-0.1, -0.05) is 11.6 Å². The Morgan fingerprint density at radius 1 is 1.50 bits per heavy atom. The van der Waals surface area contributed by atoms with E-state index in [0.717, 1.165) is 30.4 Å². The smallest absolute Gasteiger partial charge is 0.0831 e. The predicted octanol–water partition coefficient (Wildman–Crippen LogP) is 2.05. The van der Waals surface area contributed by atoms with Gasteiger partial charge in [-0.2, -0.15) is 5.10 Å². The van der Waals surface area contributed by atoms with E-state index in [-0.39, 0.29) is 12.4 Å². The molecule has 2 rings (SSSR count). The van der Waals surface area contributed by atoms with Crippen LogP contribution in [0, 0.1) is 5.92 Å². The SMILES string of the molecule is CC(N)C1CCN(Cc2c(Cl)cnn2C)CC1.Cl. The van der Waals surface area contributed by atoms with Crippen LogP contribution in [0.1, 0.15) is 25.5 Å². The molecule has 0 aliphatic carbocycles. The molecule has 0 spiro atoms. The van der Waals surface area contributed by atoms with Gasteiger partial charge in [-0.15, -0.1) is 12.4 Å². The van der Waals surface area contributed by atoms with Crippen LogP contribution < -0.4 is 5.73 Å². The molecule has 1 atom stereocenters. The van der Waals surface area contributed by atoms with Crippen LogP contribution in [0.15, 0.2) is 6.20 Å². The van der Waals surface area contributed by atoms with Gasteiger partial charge in [0.1, 0.15) is 0 Å². The van der Waals surface area contributed by atoms with Gasteiger partial charge in [0.05, 0.1) is 16.9 Å². The summed E-state index contributed by atoms with van der Waals surface area (Å²) < 4.78 is 1.86. The Morgan fingerprint density at radius 2 is 2.11 bits per heavy atom. The van der Waals surface area contributed by atoms with Gasteiger partial charge in [0.25, 0.3) is 0 Å². The maximum Gasteiger partial charge on any atom is 0.0831 e. The summed E-state index contributed by atoms with van der Waals surface area (Å²) in [5.41, 5.74) is 7.05. The van der Waals surface area contributed by atoms with Crippen molar-refractivity contribution >= 4 is 24.0 Å². The van der Waals surface area contributed by atoms with Gasteiger partial charge >= 0.3 is 0 Å². The van der Waals surface area contributed by atoms with Crippen LogP contribution >= 0.6 is 24.0 Å². The number of likely N-dealkylation sites (tertiary alicyclic amines) is 1. The molecule has 18 heavy (non-hydrogen) atoms. The molecular weight excluding hydrogens is 271 g/mol. The topological polar surface area (TPSA) is 47.1 Å². The number of nitrogens with two attached hydrogens (primary N) is 1. The van der Waals surface area contributed by atoms with E-state index >= 15 is 0 Å². The average molecular weight is 293 g/mol. The fourth-order valence-electron chi connectivity index (χ4n) is 2.46. The van der Waals surface area contributed by atoms with Crippen molar-refractivity contribution in [2.45, 2.75) is 32.4 Å². The molecule has 1 aliphatic rings. The summed E-state index contributed by atoms with van der Waals surface area (Å²) in [6, 6.07) is 0.317. The Labute approximate surface area is 120 Å². The minimum atomic E-state index is 0. The second-order valence-corrected chi connectivity index (χ2v) is 5.44. The van der Waals surface area contributed by atoms with Crippen molar-refractivity contribution in [1.82, 2.24) is 14.7 Å². The van der Waals surface area contributed by atoms with Gasteiger partial charge in [0, 0.05) is 19.6 Å². The van der Waals surface area contributed by atoms with Gasteiger partial charge in [0.15, 0.2) is 0 Å². The van der Waals surface area contributed by atoms with E-state index in [4.69, 9.17) is 17.3 Å². The van der Waals surface area contributed by atoms with Crippen molar-refractivity contribution in [3.8, 4) is 0 Å². The average Bonchev–Trinajstić information content (AvgIpc) is 2.61. The minimum absolute atomic E-state index is 0. The first-order chi connectivity index (χ1) is 8.08. The molecule has 0 aromatic carbocycles. The van der Waals surface area contributed by atoms with E-state index in [0.29, 0.717) is 12.0 Å². The third-order valence-electron chi connectivity index (χ3n) is 3.76. The Kier molecular flexibility index (Phi) is 5.92. The van der Waals surface area contributed by atoms with Crippen molar-refractivity contribution in [2.24, 2.45) is 18.7 Å². The quantitative estimate of drug-likeness (QED) is 0.928. The summed E-state index contributed by atoms with van der Waals surface area (Å²) in [6.45, 7) is 5.21. The summed E-state index contributed by atoms with van der Waals surface area (Å²) in [6.07, 6.45) is 4.09. The van der Waals surface area contributed by atoms with Crippen LogP contribution in [0.4, 0.5) is 0 Å². The number of halogens is 2. The molecule has 1 fully saturated rings. The number of piperidine rings is 1. The predicted molar refractivity (Wildman–Crippen MR) is 77.1 cm³/mol. The molecule has 104 valence electrons. The van der Waals surface area contributed by atoms with Crippen molar-refractivity contribution in [3.63, 3.8) is 0 Å². The van der Waals surface area contributed by atoms with Crippen LogP contribution in [-0.4, -0.2) is 33.8 Å². The minimum Gasteiger partial charge on any atom is -0.328 e. The van der Waals surface area contributed by atoms with E-state index < -0.39 is 0 Å². The first-order valence-electron chi connectivity index (χ1n) is 6.22. The first kappa shape index (κ1) is 15.8. The highest BCUT2D eigenvalue weighted by Crippen LogP contribution is 2.23. The lowest BCUT2D eigenvalue weighted by Gasteiger charge is -2.33. The molecule has 1 unspecified atom stereocenters. The number of hydrogen-bond donors (Lipinski definition) is 1. The fraction of sp³-hybridized carbons (Fsp3) is 0.750. The van der Waals surface area contributed by atoms with Crippen LogP contribution in [-0.2, 0) is 13.6 Å². The van der Waals surface area contributed by atoms with Crippen molar-refractivity contribution in [1.29, 1.82) is 0 Å². The van der Waals surface area contributed by atoms with E-state index in [1.54, 1.807) is 6.20 Å². The Hall–Kier alpha value is -0.290. The Balaban J connectivity index is 0.00000162. The van der Waals surface area contributed by atoms with Gasteiger partial charge in [-0.3, -0.25) is 9.58 Å². The second-order valence-electron chi connectivity index (χ2n) is 5.04. The summed E-state index contributed by atoms with van der Waals surface area (Å²) in [5.74, 6) is 0.674. The normalized spacial score (nSPS) is 19.6. The lowest BCUT2D eigenvalue weighted by Crippen LogP contribution is -2.39. The largest absolute Gasteiger partial charge is 0.328 e. The molecule has 6 heteroatoms. The highest BCUT2D eigenvalue weighted by Gasteiger charge is 2.22. The summed E-state index contributed by atoms with van der Waals surface area (Å²) in [4.78, 5) is 2.43. The number of aryl methyl sites for hydroxylation is 1. The molecule has 0 saturated carbocycles. The second kappa shape index (κ2) is 6.75. The molecule has 2 N–H and O–H groups in total. The third kappa shape index (κ3) is 3.60. The Bertz CT molecular complexity index is 351. The van der Waals surface area contributed by atoms with Crippen LogP contribution in [0.2, 0.25) is 5.02 Å². The zero-order chi connectivity index (χ0) is 12.4. The fourth-order valence-corrected chi connectivity index (χ4v) is 2.69. The molecular formula is C12H22Cl2N4. The Morgan fingerprint density at radius 3 is 2.56 bits per heavy atom. The third-order valence-corrected chi connectivity index (χ3v) is 4.08. The number of nitrogens with zero attached hydrogens (tertiary/aromatic N) is 3. The van der Waals surface area contributed by atoms with Crippen LogP contribution in [0.25, 0.3) is 0 Å². The zero-order valence-corrected chi connectivity index (χ0v) is 12.5. The molecule has 1 saturated heterocycles. The lowest BCUT2D eigenvalue weighted by molar-refractivity contribution is 0.162. The van der Waals surface area contributed by atoms with Gasteiger partial charge in [-0.05, 0) is 38.8 Å². The molecule has 0 amide bonds. The van der Waals surface area contributed by atoms with E-state index in [9.17, 15) is 0 Å². The molecule has 1 aromatic rings. The van der Waals surface area contributed by atoms with Crippen LogP contribution in [0.5, 0.6) is 0 Å². The maximum absolute atomic E-state index is 6.11. The monoisotopic (exact) mass is 292 g/mol. The standard InChI is InChI=1S/C12H21ClN4.ClH/c1-9(14)10-3-5-17(6-4-10)8-12-11(13)7-15-16(12)2;/h7,9-10H,3-6,8,14H2,1-2H3;1H. The molecule has 1 aromatic heterocycles. The van der Waals surface area contributed by atoms with Crippen LogP contribution in [0.3, 0.4) is 0 Å². The lowest BCUT2D eigenvalue weighted by atomic mass is 9.91. The molecule has 1 aliphatic heterocycles. The molecule has 4 nitrogen and oxygen atoms in total. The van der Waals surface area contributed by atoms with E-state index in [1.807, 2.05) is 11.7 Å². The van der Waals surface area contributed by atoms with Crippen molar-refractivity contribution in [3.05, 3.63) is 16.9 Å². The highest BCUT2D eigenvalue weighted by molar-refractivity contribution is 6.31. The molecule has 0 radical (unpaired) electrons. The molecule has 0 bridgehead atoms. The summed E-state index contributed by atoms with van der Waals surface area (Å²) in [7, 11) is 1.94. The van der Waals surface area contributed by atoms with Gasteiger partial charge in [0.2, 0.25) is 0 Å². The summed E-state index contributed by atoms with van der Waals surface area (Å²) in [5, 5.41) is 4.93. The number of rotatable bonds is 3. The maximum atomic E-state index is 6.11. The number of hydrogen-bond acceptors (Lipinski definition) is 3. The van der Waals surface area contributed by atoms with E-state index in [1.165, 1.54) is 12.8 Å². The highest BCUT2D eigenvalue weighted by atomic mass is 35.5.